The van der Waals surface area contributed by atoms with Gasteiger partial charge in [0.2, 0.25) is 0 Å². The first kappa shape index (κ1) is 21.2. The van der Waals surface area contributed by atoms with E-state index in [-0.39, 0.29) is 14.8 Å². The smallest absolute Gasteiger partial charge is 0.271 e. The quantitative estimate of drug-likeness (QED) is 0.537. The lowest BCUT2D eigenvalue weighted by atomic mass is 10.2. The Morgan fingerprint density at radius 2 is 1.55 bits per heavy atom. The average molecular weight is 453 g/mol. The molecule has 0 amide bonds. The van der Waals surface area contributed by atoms with E-state index in [4.69, 9.17) is 4.74 Å². The third kappa shape index (κ3) is 5.08. The molecular formula is C19H20N2O5S3. The minimum Gasteiger partial charge on any atom is -0.494 e. The van der Waals surface area contributed by atoms with Crippen LogP contribution in [0.15, 0.2) is 69.1 Å². The summed E-state index contributed by atoms with van der Waals surface area (Å²) < 4.78 is 61.0. The number of nitrogens with one attached hydrogen (secondary N) is 2. The summed E-state index contributed by atoms with van der Waals surface area (Å²) in [6, 6.07) is 14.0. The fourth-order valence-electron chi connectivity index (χ4n) is 2.57. The lowest BCUT2D eigenvalue weighted by Gasteiger charge is -2.13. The molecule has 0 aliphatic heterocycles. The molecule has 3 aromatic rings. The number of hydrogen-bond donors (Lipinski definition) is 2. The monoisotopic (exact) mass is 452 g/mol. The van der Waals surface area contributed by atoms with Crippen molar-refractivity contribution < 1.29 is 21.6 Å². The van der Waals surface area contributed by atoms with Gasteiger partial charge in [0.1, 0.15) is 9.96 Å². The van der Waals surface area contributed by atoms with Crippen molar-refractivity contribution in [2.45, 2.75) is 23.0 Å². The van der Waals surface area contributed by atoms with Crippen LogP contribution in [0.2, 0.25) is 0 Å². The lowest BCUT2D eigenvalue weighted by Crippen LogP contribution is -2.16. The summed E-state index contributed by atoms with van der Waals surface area (Å²) in [5.41, 5.74) is 1.02. The van der Waals surface area contributed by atoms with Gasteiger partial charge in [0.05, 0.1) is 17.2 Å². The second kappa shape index (κ2) is 8.44. The van der Waals surface area contributed by atoms with Crippen LogP contribution in [0.5, 0.6) is 5.75 Å². The normalized spacial score (nSPS) is 11.8. The highest BCUT2D eigenvalue weighted by molar-refractivity contribution is 7.94. The summed E-state index contributed by atoms with van der Waals surface area (Å²) in [4.78, 5) is -0.0160. The summed E-state index contributed by atoms with van der Waals surface area (Å²) in [5.74, 6) is 0.636. The van der Waals surface area contributed by atoms with Gasteiger partial charge in [-0.05, 0) is 67.3 Å². The molecule has 0 fully saturated rings. The maximum Gasteiger partial charge on any atom is 0.271 e. The number of anilines is 2. The largest absolute Gasteiger partial charge is 0.494 e. The minimum absolute atomic E-state index is 0.0160. The molecule has 0 saturated carbocycles. The molecule has 154 valence electrons. The highest BCUT2D eigenvalue weighted by Crippen LogP contribution is 2.26. The van der Waals surface area contributed by atoms with Crippen LogP contribution in [-0.4, -0.2) is 23.4 Å². The first-order valence-corrected chi connectivity index (χ1v) is 12.5. The van der Waals surface area contributed by atoms with E-state index in [1.165, 1.54) is 18.2 Å². The number of benzene rings is 2. The van der Waals surface area contributed by atoms with Gasteiger partial charge in [-0.15, -0.1) is 11.3 Å². The Kier molecular flexibility index (Phi) is 6.15. The fourth-order valence-corrected chi connectivity index (χ4v) is 5.94. The van der Waals surface area contributed by atoms with E-state index >= 15 is 0 Å². The molecule has 2 N–H and O–H groups in total. The van der Waals surface area contributed by atoms with E-state index in [1.54, 1.807) is 48.7 Å². The Balaban J connectivity index is 1.86. The first-order chi connectivity index (χ1) is 13.7. The van der Waals surface area contributed by atoms with Crippen molar-refractivity contribution in [3.8, 4) is 5.75 Å². The zero-order valence-electron chi connectivity index (χ0n) is 15.7. The van der Waals surface area contributed by atoms with E-state index < -0.39 is 20.0 Å². The fraction of sp³-hybridized carbons (Fsp3) is 0.158. The molecule has 0 radical (unpaired) electrons. The van der Waals surface area contributed by atoms with Crippen molar-refractivity contribution in [3.05, 3.63) is 65.5 Å². The number of sulfonamides is 2. The molecule has 3 rings (SSSR count). The Hall–Kier alpha value is -2.56. The van der Waals surface area contributed by atoms with Crippen molar-refractivity contribution in [1.82, 2.24) is 0 Å². The highest BCUT2D eigenvalue weighted by atomic mass is 32.2. The van der Waals surface area contributed by atoms with Crippen molar-refractivity contribution in [1.29, 1.82) is 0 Å². The van der Waals surface area contributed by atoms with Crippen molar-refractivity contribution >= 4 is 42.8 Å². The van der Waals surface area contributed by atoms with E-state index in [1.807, 2.05) is 6.92 Å². The van der Waals surface area contributed by atoms with Gasteiger partial charge in [-0.25, -0.2) is 16.8 Å². The summed E-state index contributed by atoms with van der Waals surface area (Å²) in [6.07, 6.45) is 0. The van der Waals surface area contributed by atoms with Crippen molar-refractivity contribution in [2.75, 3.05) is 16.1 Å². The molecule has 0 saturated heterocycles. The van der Waals surface area contributed by atoms with E-state index in [0.717, 1.165) is 11.3 Å². The molecule has 1 heterocycles. The van der Waals surface area contributed by atoms with E-state index in [2.05, 4.69) is 9.44 Å². The van der Waals surface area contributed by atoms with Crippen LogP contribution in [0.3, 0.4) is 0 Å². The maximum absolute atomic E-state index is 12.9. The van der Waals surface area contributed by atoms with E-state index in [0.29, 0.717) is 23.6 Å². The number of hydrogen-bond acceptors (Lipinski definition) is 6. The zero-order valence-corrected chi connectivity index (χ0v) is 18.2. The molecule has 0 atom stereocenters. The maximum atomic E-state index is 12.9. The van der Waals surface area contributed by atoms with Gasteiger partial charge in [-0.1, -0.05) is 12.1 Å². The summed E-state index contributed by atoms with van der Waals surface area (Å²) in [7, 11) is -7.70. The van der Waals surface area contributed by atoms with E-state index in [9.17, 15) is 16.8 Å². The number of rotatable bonds is 8. The number of thiophene rings is 1. The second-order valence-electron chi connectivity index (χ2n) is 6.08. The molecule has 2 aromatic carbocycles. The van der Waals surface area contributed by atoms with Crippen LogP contribution < -0.4 is 14.2 Å². The Labute approximate surface area is 174 Å². The molecule has 0 aliphatic rings. The Morgan fingerprint density at radius 3 is 2.17 bits per heavy atom. The van der Waals surface area contributed by atoms with Gasteiger partial charge in [0, 0.05) is 5.69 Å². The van der Waals surface area contributed by atoms with Gasteiger partial charge < -0.3 is 4.74 Å². The van der Waals surface area contributed by atoms with Gasteiger partial charge in [0.25, 0.3) is 20.0 Å². The number of ether oxygens (including phenoxy) is 1. The van der Waals surface area contributed by atoms with Crippen molar-refractivity contribution in [3.63, 3.8) is 0 Å². The second-order valence-corrected chi connectivity index (χ2v) is 10.6. The third-order valence-corrected chi connectivity index (χ3v) is 8.21. The molecule has 1 aromatic heterocycles. The lowest BCUT2D eigenvalue weighted by molar-refractivity contribution is 0.340. The summed E-state index contributed by atoms with van der Waals surface area (Å²) in [5, 5.41) is 1.65. The minimum atomic E-state index is -3.92. The van der Waals surface area contributed by atoms with Gasteiger partial charge in [0.15, 0.2) is 0 Å². The standard InChI is InChI=1S/C19H20N2O5S3/c1-3-26-17-10-8-15(9-11-17)20-28(22,23)18-13-16(7-6-14(18)2)21-29(24,25)19-5-4-12-27-19/h4-13,20-21H,3H2,1-2H3. The van der Waals surface area contributed by atoms with Gasteiger partial charge in [-0.2, -0.15) is 0 Å². The van der Waals surface area contributed by atoms with Crippen LogP contribution in [0, 0.1) is 6.92 Å². The molecular weight excluding hydrogens is 432 g/mol. The Morgan fingerprint density at radius 1 is 0.897 bits per heavy atom. The molecule has 10 heteroatoms. The van der Waals surface area contributed by atoms with Crippen molar-refractivity contribution in [2.24, 2.45) is 0 Å². The van der Waals surface area contributed by atoms with Gasteiger partial charge >= 0.3 is 0 Å². The molecule has 0 aliphatic carbocycles. The van der Waals surface area contributed by atoms with Crippen LogP contribution in [0.25, 0.3) is 0 Å². The molecule has 0 bridgehead atoms. The summed E-state index contributed by atoms with van der Waals surface area (Å²) >= 11 is 1.08. The zero-order chi connectivity index (χ0) is 21.1. The molecule has 7 nitrogen and oxygen atoms in total. The van der Waals surface area contributed by atoms with Gasteiger partial charge in [-0.3, -0.25) is 9.44 Å². The van der Waals surface area contributed by atoms with Crippen LogP contribution in [0.1, 0.15) is 12.5 Å². The Bertz CT molecular complexity index is 1190. The van der Waals surface area contributed by atoms with Crippen LogP contribution in [0.4, 0.5) is 11.4 Å². The third-order valence-electron chi connectivity index (χ3n) is 3.91. The molecule has 29 heavy (non-hydrogen) atoms. The highest BCUT2D eigenvalue weighted by Gasteiger charge is 2.20. The first-order valence-electron chi connectivity index (χ1n) is 8.64. The summed E-state index contributed by atoms with van der Waals surface area (Å²) in [6.45, 7) is 4.02. The average Bonchev–Trinajstić information content (AvgIpc) is 3.20. The topological polar surface area (TPSA) is 102 Å². The van der Waals surface area contributed by atoms with Crippen LogP contribution in [-0.2, 0) is 20.0 Å². The molecule has 0 spiro atoms. The molecule has 0 unspecified atom stereocenters. The number of aryl methyl sites for hydroxylation is 1. The predicted octanol–water partition coefficient (Wildman–Crippen LogP) is 4.06. The van der Waals surface area contributed by atoms with Crippen LogP contribution >= 0.6 is 11.3 Å². The SMILES string of the molecule is CCOc1ccc(NS(=O)(=O)c2cc(NS(=O)(=O)c3cccs3)ccc2C)cc1. The predicted molar refractivity (Wildman–Crippen MR) is 115 cm³/mol.